The molecule has 1 aliphatic heterocycles. The topological polar surface area (TPSA) is 105 Å². The van der Waals surface area contributed by atoms with Gasteiger partial charge in [-0.1, -0.05) is 5.21 Å². The van der Waals surface area contributed by atoms with Crippen LogP contribution in [0.3, 0.4) is 0 Å². The monoisotopic (exact) mass is 360 g/mol. The number of rotatable bonds is 6. The fraction of sp³-hybridized carbons (Fsp3) is 0.529. The second-order valence-corrected chi connectivity index (χ2v) is 6.84. The fourth-order valence-corrected chi connectivity index (χ4v) is 2.97. The summed E-state index contributed by atoms with van der Waals surface area (Å²) in [7, 11) is 1.69. The summed E-state index contributed by atoms with van der Waals surface area (Å²) >= 11 is 0. The van der Waals surface area contributed by atoms with E-state index in [0.29, 0.717) is 31.0 Å². The average Bonchev–Trinajstić information content (AvgIpc) is 3.33. The lowest BCUT2D eigenvalue weighted by molar-refractivity contribution is -0.123. The van der Waals surface area contributed by atoms with E-state index in [0.717, 1.165) is 0 Å². The quantitative estimate of drug-likeness (QED) is 0.780. The van der Waals surface area contributed by atoms with Crippen LogP contribution in [0.15, 0.2) is 29.0 Å². The number of amides is 2. The molecule has 0 spiro atoms. The first-order valence-electron chi connectivity index (χ1n) is 8.67. The minimum absolute atomic E-state index is 0.00613. The first kappa shape index (κ1) is 18.1. The van der Waals surface area contributed by atoms with Crippen molar-refractivity contribution in [2.75, 3.05) is 13.6 Å². The summed E-state index contributed by atoms with van der Waals surface area (Å²) in [6.07, 6.45) is 3.94. The summed E-state index contributed by atoms with van der Waals surface area (Å²) in [6, 6.07) is 3.26. The normalized spacial score (nSPS) is 19.7. The minimum Gasteiger partial charge on any atom is -0.459 e. The van der Waals surface area contributed by atoms with Crippen LogP contribution in [0.25, 0.3) is 0 Å². The number of nitrogens with one attached hydrogen (secondary N) is 2. The van der Waals surface area contributed by atoms with Gasteiger partial charge in [0.2, 0.25) is 5.91 Å². The summed E-state index contributed by atoms with van der Waals surface area (Å²) in [5.41, 5.74) is 0.683. The molecule has 3 heterocycles. The Kier molecular flexibility index (Phi) is 5.36. The van der Waals surface area contributed by atoms with Crippen molar-refractivity contribution in [1.29, 1.82) is 0 Å². The van der Waals surface area contributed by atoms with E-state index >= 15 is 0 Å². The van der Waals surface area contributed by atoms with Gasteiger partial charge in [-0.05, 0) is 32.4 Å². The molecule has 1 aliphatic rings. The van der Waals surface area contributed by atoms with E-state index in [1.807, 2.05) is 20.0 Å². The number of furan rings is 1. The Morgan fingerprint density at radius 1 is 1.50 bits per heavy atom. The second kappa shape index (κ2) is 7.69. The number of aromatic nitrogens is 3. The van der Waals surface area contributed by atoms with E-state index in [2.05, 4.69) is 20.9 Å². The largest absolute Gasteiger partial charge is 0.459 e. The molecule has 2 aromatic rings. The zero-order valence-corrected chi connectivity index (χ0v) is 15.2. The number of hydrogen-bond acceptors (Lipinski definition) is 6. The van der Waals surface area contributed by atoms with Crippen molar-refractivity contribution >= 4 is 11.8 Å². The molecule has 2 N–H and O–H groups in total. The van der Waals surface area contributed by atoms with Gasteiger partial charge in [-0.25, -0.2) is 4.68 Å². The van der Waals surface area contributed by atoms with Gasteiger partial charge in [-0.2, -0.15) is 0 Å². The van der Waals surface area contributed by atoms with E-state index < -0.39 is 0 Å². The smallest absolute Gasteiger partial charge is 0.289 e. The summed E-state index contributed by atoms with van der Waals surface area (Å²) in [4.78, 5) is 25.8. The van der Waals surface area contributed by atoms with Crippen LogP contribution in [0.5, 0.6) is 0 Å². The SMILES string of the molecule is CC(C)NC(=O)[C@@H]1C[C@@H](n2cc(CN(C)C(=O)c3ccco3)nn2)CN1. The van der Waals surface area contributed by atoms with E-state index in [9.17, 15) is 9.59 Å². The van der Waals surface area contributed by atoms with Gasteiger partial charge < -0.3 is 20.0 Å². The van der Waals surface area contributed by atoms with Crippen LogP contribution in [-0.2, 0) is 11.3 Å². The van der Waals surface area contributed by atoms with E-state index in [-0.39, 0.29) is 29.9 Å². The van der Waals surface area contributed by atoms with Crippen molar-refractivity contribution in [2.24, 2.45) is 0 Å². The van der Waals surface area contributed by atoms with Gasteiger partial charge in [-0.15, -0.1) is 5.10 Å². The highest BCUT2D eigenvalue weighted by molar-refractivity contribution is 5.91. The van der Waals surface area contributed by atoms with Gasteiger partial charge in [-0.3, -0.25) is 9.59 Å². The van der Waals surface area contributed by atoms with Crippen molar-refractivity contribution in [3.05, 3.63) is 36.0 Å². The van der Waals surface area contributed by atoms with Crippen LogP contribution in [-0.4, -0.2) is 57.4 Å². The van der Waals surface area contributed by atoms with Crippen molar-refractivity contribution in [2.45, 2.75) is 44.9 Å². The average molecular weight is 360 g/mol. The van der Waals surface area contributed by atoms with Gasteiger partial charge in [0.05, 0.1) is 31.1 Å². The Bertz CT molecular complexity index is 754. The van der Waals surface area contributed by atoms with Crippen LogP contribution < -0.4 is 10.6 Å². The van der Waals surface area contributed by atoms with E-state index in [1.165, 1.54) is 11.2 Å². The molecule has 9 nitrogen and oxygen atoms in total. The summed E-state index contributed by atoms with van der Waals surface area (Å²) in [5.74, 6) is 0.0861. The maximum atomic E-state index is 12.2. The molecular formula is C17H24N6O3. The third-order valence-corrected chi connectivity index (χ3v) is 4.26. The van der Waals surface area contributed by atoms with Crippen LogP contribution in [0, 0.1) is 0 Å². The van der Waals surface area contributed by atoms with Crippen molar-refractivity contribution in [3.63, 3.8) is 0 Å². The maximum Gasteiger partial charge on any atom is 0.289 e. The second-order valence-electron chi connectivity index (χ2n) is 6.84. The standard InChI is InChI=1S/C17H24N6O3/c1-11(2)19-16(24)14-7-13(8-18-14)23-10-12(20-21-23)9-22(3)17(25)15-5-4-6-26-15/h4-6,10-11,13-14,18H,7-9H2,1-3H3,(H,19,24)/t13-,14+/m1/s1. The van der Waals surface area contributed by atoms with Gasteiger partial charge in [0, 0.05) is 19.6 Å². The fourth-order valence-electron chi connectivity index (χ4n) is 2.97. The molecule has 0 unspecified atom stereocenters. The maximum absolute atomic E-state index is 12.2. The highest BCUT2D eigenvalue weighted by Gasteiger charge is 2.31. The Balaban J connectivity index is 1.57. The predicted octanol–water partition coefficient (Wildman–Crippen LogP) is 0.571. The number of carbonyl (C=O) groups is 2. The summed E-state index contributed by atoms with van der Waals surface area (Å²) in [6.45, 7) is 4.86. The highest BCUT2D eigenvalue weighted by Crippen LogP contribution is 2.19. The minimum atomic E-state index is -0.224. The molecule has 26 heavy (non-hydrogen) atoms. The van der Waals surface area contributed by atoms with E-state index in [4.69, 9.17) is 4.42 Å². The first-order valence-corrected chi connectivity index (χ1v) is 8.67. The lowest BCUT2D eigenvalue weighted by Crippen LogP contribution is -2.43. The first-order chi connectivity index (χ1) is 12.4. The molecule has 0 saturated carbocycles. The molecule has 140 valence electrons. The molecule has 2 aromatic heterocycles. The Morgan fingerprint density at radius 3 is 3.00 bits per heavy atom. The van der Waals surface area contributed by atoms with Crippen LogP contribution >= 0.6 is 0 Å². The number of hydrogen-bond donors (Lipinski definition) is 2. The molecule has 0 bridgehead atoms. The van der Waals surface area contributed by atoms with Crippen molar-refractivity contribution in [3.8, 4) is 0 Å². The summed E-state index contributed by atoms with van der Waals surface area (Å²) < 4.78 is 6.88. The lowest BCUT2D eigenvalue weighted by atomic mass is 10.1. The Hall–Kier alpha value is -2.68. The van der Waals surface area contributed by atoms with Crippen molar-refractivity contribution in [1.82, 2.24) is 30.5 Å². The number of carbonyl (C=O) groups excluding carboxylic acids is 2. The molecule has 0 aliphatic carbocycles. The molecule has 0 aromatic carbocycles. The van der Waals surface area contributed by atoms with Gasteiger partial charge >= 0.3 is 0 Å². The van der Waals surface area contributed by atoms with Gasteiger partial charge in [0.1, 0.15) is 5.69 Å². The van der Waals surface area contributed by atoms with Gasteiger partial charge in [0.25, 0.3) is 5.91 Å². The molecule has 1 saturated heterocycles. The Morgan fingerprint density at radius 2 is 2.31 bits per heavy atom. The molecule has 3 rings (SSSR count). The van der Waals surface area contributed by atoms with Crippen LogP contribution in [0.1, 0.15) is 42.6 Å². The number of nitrogens with zero attached hydrogens (tertiary/aromatic N) is 4. The Labute approximate surface area is 151 Å². The zero-order chi connectivity index (χ0) is 18.7. The molecule has 2 amide bonds. The highest BCUT2D eigenvalue weighted by atomic mass is 16.3. The third kappa shape index (κ3) is 4.10. The molecule has 0 radical (unpaired) electrons. The molecule has 1 fully saturated rings. The molecule has 2 atom stereocenters. The predicted molar refractivity (Wildman–Crippen MR) is 93.3 cm³/mol. The van der Waals surface area contributed by atoms with Crippen molar-refractivity contribution < 1.29 is 14.0 Å². The third-order valence-electron chi connectivity index (χ3n) is 4.26. The van der Waals surface area contributed by atoms with Gasteiger partial charge in [0.15, 0.2) is 5.76 Å². The molecule has 9 heteroatoms. The molecular weight excluding hydrogens is 336 g/mol. The summed E-state index contributed by atoms with van der Waals surface area (Å²) in [5, 5.41) is 14.4. The lowest BCUT2D eigenvalue weighted by Gasteiger charge is -2.14. The van der Waals surface area contributed by atoms with E-state index in [1.54, 1.807) is 23.9 Å². The zero-order valence-electron chi connectivity index (χ0n) is 15.2. The van der Waals surface area contributed by atoms with Crippen LogP contribution in [0.4, 0.5) is 0 Å². The van der Waals surface area contributed by atoms with Crippen LogP contribution in [0.2, 0.25) is 0 Å².